The first-order chi connectivity index (χ1) is 10.1. The highest BCUT2D eigenvalue weighted by atomic mass is 35.5. The van der Waals surface area contributed by atoms with Crippen molar-refractivity contribution in [1.82, 2.24) is 19.4 Å². The highest BCUT2D eigenvalue weighted by molar-refractivity contribution is 6.31. The minimum absolute atomic E-state index is 0.131. The van der Waals surface area contributed by atoms with Gasteiger partial charge in [0.2, 0.25) is 0 Å². The predicted octanol–water partition coefficient (Wildman–Crippen LogP) is 3.79. The van der Waals surface area contributed by atoms with Gasteiger partial charge in [0, 0.05) is 18.8 Å². The van der Waals surface area contributed by atoms with Crippen LogP contribution < -0.4 is 0 Å². The third-order valence-electron chi connectivity index (χ3n) is 4.78. The fourth-order valence-electron chi connectivity index (χ4n) is 3.94. The van der Waals surface area contributed by atoms with E-state index in [-0.39, 0.29) is 5.38 Å². The lowest BCUT2D eigenvalue weighted by Gasteiger charge is -2.24. The molecule has 0 spiro atoms. The first-order valence-electron chi connectivity index (χ1n) is 7.56. The summed E-state index contributed by atoms with van der Waals surface area (Å²) < 4.78 is 2.28. The molecule has 0 radical (unpaired) electrons. The summed E-state index contributed by atoms with van der Waals surface area (Å²) in [4.78, 5) is 11.8. The van der Waals surface area contributed by atoms with Gasteiger partial charge in [-0.05, 0) is 38.8 Å². The molecule has 3 unspecified atom stereocenters. The molecular weight excluding hydrogens is 307 g/mol. The molecule has 4 rings (SSSR count). The van der Waals surface area contributed by atoms with Gasteiger partial charge in [-0.15, -0.1) is 11.6 Å². The number of halogens is 2. The summed E-state index contributed by atoms with van der Waals surface area (Å²) in [6.45, 7) is 4.36. The van der Waals surface area contributed by atoms with Gasteiger partial charge in [0.05, 0.1) is 16.4 Å². The van der Waals surface area contributed by atoms with E-state index in [0.29, 0.717) is 17.1 Å². The summed E-state index contributed by atoms with van der Waals surface area (Å²) >= 11 is 12.4. The molecule has 0 saturated carbocycles. The molecule has 0 N–H and O–H groups in total. The van der Waals surface area contributed by atoms with Crippen molar-refractivity contribution in [2.24, 2.45) is 0 Å². The normalized spacial score (nSPS) is 27.4. The van der Waals surface area contributed by atoms with Crippen LogP contribution in [0.3, 0.4) is 0 Å². The van der Waals surface area contributed by atoms with Crippen molar-refractivity contribution in [3.63, 3.8) is 0 Å². The monoisotopic (exact) mass is 324 g/mol. The summed E-state index contributed by atoms with van der Waals surface area (Å²) in [7, 11) is 0. The van der Waals surface area contributed by atoms with Gasteiger partial charge in [-0.2, -0.15) is 0 Å². The van der Waals surface area contributed by atoms with Crippen molar-refractivity contribution < 1.29 is 0 Å². The SMILES string of the molecule is CC(Cl)c1nc2cc(Cl)cnc2n1C1CCN2CCCC12. The second kappa shape index (κ2) is 5.11. The number of rotatable bonds is 2. The maximum absolute atomic E-state index is 6.38. The van der Waals surface area contributed by atoms with Gasteiger partial charge >= 0.3 is 0 Å². The quantitative estimate of drug-likeness (QED) is 0.788. The number of fused-ring (bicyclic) bond motifs is 2. The van der Waals surface area contributed by atoms with Crippen LogP contribution in [0.2, 0.25) is 5.02 Å². The zero-order valence-corrected chi connectivity index (χ0v) is 13.5. The van der Waals surface area contributed by atoms with Crippen molar-refractivity contribution in [1.29, 1.82) is 0 Å². The van der Waals surface area contributed by atoms with E-state index in [1.807, 2.05) is 13.0 Å². The number of imidazole rings is 1. The summed E-state index contributed by atoms with van der Waals surface area (Å²) in [5, 5.41) is 0.489. The first-order valence-corrected chi connectivity index (χ1v) is 8.38. The van der Waals surface area contributed by atoms with Crippen molar-refractivity contribution >= 4 is 34.4 Å². The Labute approximate surface area is 134 Å². The van der Waals surface area contributed by atoms with E-state index in [2.05, 4.69) is 14.5 Å². The lowest BCUT2D eigenvalue weighted by atomic mass is 10.1. The van der Waals surface area contributed by atoms with Gasteiger partial charge in [-0.3, -0.25) is 4.90 Å². The van der Waals surface area contributed by atoms with Gasteiger partial charge < -0.3 is 4.57 Å². The van der Waals surface area contributed by atoms with E-state index in [0.717, 1.165) is 23.4 Å². The Balaban J connectivity index is 1.88. The number of pyridine rings is 1. The smallest absolute Gasteiger partial charge is 0.160 e. The highest BCUT2D eigenvalue weighted by Crippen LogP contribution is 2.39. The van der Waals surface area contributed by atoms with E-state index in [9.17, 15) is 0 Å². The van der Waals surface area contributed by atoms with Crippen molar-refractivity contribution in [2.75, 3.05) is 13.1 Å². The average molecular weight is 325 g/mol. The molecule has 6 heteroatoms. The molecule has 2 aliphatic heterocycles. The summed E-state index contributed by atoms with van der Waals surface area (Å²) in [5.74, 6) is 0.917. The molecule has 2 aromatic heterocycles. The third-order valence-corrected chi connectivity index (χ3v) is 5.18. The van der Waals surface area contributed by atoms with Crippen molar-refractivity contribution in [3.8, 4) is 0 Å². The van der Waals surface area contributed by atoms with Gasteiger partial charge in [-0.25, -0.2) is 9.97 Å². The number of alkyl halides is 1. The Morgan fingerprint density at radius 1 is 1.29 bits per heavy atom. The number of hydrogen-bond donors (Lipinski definition) is 0. The van der Waals surface area contributed by atoms with Gasteiger partial charge in [-0.1, -0.05) is 11.6 Å². The van der Waals surface area contributed by atoms with E-state index >= 15 is 0 Å². The molecule has 4 heterocycles. The molecule has 2 aliphatic rings. The van der Waals surface area contributed by atoms with E-state index in [1.165, 1.54) is 25.9 Å². The zero-order valence-electron chi connectivity index (χ0n) is 12.0. The maximum Gasteiger partial charge on any atom is 0.160 e. The number of aromatic nitrogens is 3. The fourth-order valence-corrected chi connectivity index (χ4v) is 4.25. The molecule has 112 valence electrons. The van der Waals surface area contributed by atoms with Crippen LogP contribution in [-0.2, 0) is 0 Å². The molecule has 0 amide bonds. The highest BCUT2D eigenvalue weighted by Gasteiger charge is 2.40. The average Bonchev–Trinajstić information content (AvgIpc) is 3.10. The van der Waals surface area contributed by atoms with Crippen LogP contribution in [0, 0.1) is 0 Å². The van der Waals surface area contributed by atoms with Crippen LogP contribution in [-0.4, -0.2) is 38.6 Å². The van der Waals surface area contributed by atoms with Crippen LogP contribution in [0.5, 0.6) is 0 Å². The van der Waals surface area contributed by atoms with Crippen molar-refractivity contribution in [3.05, 3.63) is 23.1 Å². The van der Waals surface area contributed by atoms with E-state index in [4.69, 9.17) is 28.2 Å². The Morgan fingerprint density at radius 2 is 2.14 bits per heavy atom. The van der Waals surface area contributed by atoms with E-state index in [1.54, 1.807) is 6.20 Å². The standard InChI is InChI=1S/C15H18Cl2N4/c1-9(16)14-19-11-7-10(17)8-18-15(11)21(14)13-4-6-20-5-2-3-12(13)20/h7-9,12-13H,2-6H2,1H3. The molecule has 2 fully saturated rings. The molecule has 2 saturated heterocycles. The second-order valence-corrected chi connectivity index (χ2v) is 7.14. The lowest BCUT2D eigenvalue weighted by Crippen LogP contribution is -2.28. The largest absolute Gasteiger partial charge is 0.307 e. The lowest BCUT2D eigenvalue weighted by molar-refractivity contribution is 0.289. The molecule has 2 aromatic rings. The molecule has 0 bridgehead atoms. The molecule has 3 atom stereocenters. The Morgan fingerprint density at radius 3 is 2.95 bits per heavy atom. The molecule has 21 heavy (non-hydrogen) atoms. The number of hydrogen-bond acceptors (Lipinski definition) is 3. The van der Waals surface area contributed by atoms with Crippen molar-refractivity contribution in [2.45, 2.75) is 43.6 Å². The maximum atomic E-state index is 6.38. The van der Waals surface area contributed by atoms with Crippen LogP contribution >= 0.6 is 23.2 Å². The Hall–Kier alpha value is -0.840. The molecule has 4 nitrogen and oxygen atoms in total. The molecule has 0 aliphatic carbocycles. The first kappa shape index (κ1) is 13.8. The molecular formula is C15H18Cl2N4. The summed E-state index contributed by atoms with van der Waals surface area (Å²) in [6, 6.07) is 2.92. The topological polar surface area (TPSA) is 34.0 Å². The summed E-state index contributed by atoms with van der Waals surface area (Å²) in [6.07, 6.45) is 5.40. The van der Waals surface area contributed by atoms with Crippen LogP contribution in [0.4, 0.5) is 0 Å². The van der Waals surface area contributed by atoms with Gasteiger partial charge in [0.25, 0.3) is 0 Å². The minimum Gasteiger partial charge on any atom is -0.307 e. The minimum atomic E-state index is -0.131. The zero-order chi connectivity index (χ0) is 14.6. The van der Waals surface area contributed by atoms with Crippen LogP contribution in [0.25, 0.3) is 11.2 Å². The Bertz CT molecular complexity index is 682. The van der Waals surface area contributed by atoms with Crippen LogP contribution in [0.15, 0.2) is 12.3 Å². The van der Waals surface area contributed by atoms with E-state index < -0.39 is 0 Å². The number of nitrogens with zero attached hydrogens (tertiary/aromatic N) is 4. The Kier molecular flexibility index (Phi) is 3.36. The van der Waals surface area contributed by atoms with Gasteiger partial charge in [0.1, 0.15) is 11.3 Å². The molecule has 0 aromatic carbocycles. The third kappa shape index (κ3) is 2.16. The second-order valence-electron chi connectivity index (χ2n) is 6.05. The fraction of sp³-hybridized carbons (Fsp3) is 0.600. The predicted molar refractivity (Wildman–Crippen MR) is 85.1 cm³/mol. The summed E-state index contributed by atoms with van der Waals surface area (Å²) in [5.41, 5.74) is 1.77. The van der Waals surface area contributed by atoms with Crippen LogP contribution in [0.1, 0.15) is 43.4 Å². The van der Waals surface area contributed by atoms with Gasteiger partial charge in [0.15, 0.2) is 5.65 Å².